The van der Waals surface area contributed by atoms with E-state index < -0.39 is 0 Å². The number of nitrogens with zero attached hydrogens (tertiary/aromatic N) is 1. The van der Waals surface area contributed by atoms with Gasteiger partial charge in [-0.15, -0.1) is 0 Å². The standard InChI is InChI=1S/C17H25NO4/c1-3-17(11-19)5-4-6-18(10-17)9-13-7-14(20-2)16-15(8-13)21-12-22-16/h7-8,19H,3-6,9-12H2,1-2H3/t17-/m0/s1. The van der Waals surface area contributed by atoms with Gasteiger partial charge in [-0.25, -0.2) is 0 Å². The Morgan fingerprint density at radius 1 is 1.36 bits per heavy atom. The van der Waals surface area contributed by atoms with Crippen LogP contribution in [0.5, 0.6) is 17.2 Å². The average Bonchev–Trinajstić information content (AvgIpc) is 3.02. The van der Waals surface area contributed by atoms with E-state index in [2.05, 4.69) is 11.8 Å². The summed E-state index contributed by atoms with van der Waals surface area (Å²) < 4.78 is 16.3. The first-order valence-electron chi connectivity index (χ1n) is 7.99. The molecule has 2 aliphatic heterocycles. The monoisotopic (exact) mass is 307 g/mol. The lowest BCUT2D eigenvalue weighted by molar-refractivity contribution is 0.0258. The van der Waals surface area contributed by atoms with E-state index in [1.807, 2.05) is 12.1 Å². The van der Waals surface area contributed by atoms with Gasteiger partial charge in [0.15, 0.2) is 11.5 Å². The number of piperidine rings is 1. The number of methoxy groups -OCH3 is 1. The number of aliphatic hydroxyl groups excluding tert-OH is 1. The van der Waals surface area contributed by atoms with E-state index in [0.29, 0.717) is 5.75 Å². The maximum atomic E-state index is 9.75. The second-order valence-corrected chi connectivity index (χ2v) is 6.36. The van der Waals surface area contributed by atoms with Crippen LogP contribution in [-0.2, 0) is 6.54 Å². The van der Waals surface area contributed by atoms with Crippen molar-refractivity contribution in [2.45, 2.75) is 32.7 Å². The molecule has 5 heteroatoms. The van der Waals surface area contributed by atoms with Crippen molar-refractivity contribution in [1.29, 1.82) is 0 Å². The molecule has 1 N–H and O–H groups in total. The first-order valence-corrected chi connectivity index (χ1v) is 7.99. The van der Waals surface area contributed by atoms with Crippen LogP contribution in [0.25, 0.3) is 0 Å². The van der Waals surface area contributed by atoms with Crippen molar-refractivity contribution < 1.29 is 19.3 Å². The van der Waals surface area contributed by atoms with E-state index in [0.717, 1.165) is 56.0 Å². The minimum absolute atomic E-state index is 0.0542. The highest BCUT2D eigenvalue weighted by Crippen LogP contribution is 2.42. The second kappa shape index (κ2) is 6.34. The molecule has 2 aliphatic rings. The first-order chi connectivity index (χ1) is 10.7. The minimum Gasteiger partial charge on any atom is -0.493 e. The molecule has 22 heavy (non-hydrogen) atoms. The molecular formula is C17H25NO4. The molecule has 0 aliphatic carbocycles. The van der Waals surface area contributed by atoms with Crippen LogP contribution in [-0.4, -0.2) is 43.6 Å². The summed E-state index contributed by atoms with van der Waals surface area (Å²) in [5, 5.41) is 9.75. The minimum atomic E-state index is 0.0542. The predicted molar refractivity (Wildman–Crippen MR) is 83.4 cm³/mol. The molecule has 0 radical (unpaired) electrons. The Bertz CT molecular complexity index is 528. The molecule has 0 amide bonds. The zero-order valence-corrected chi connectivity index (χ0v) is 13.4. The van der Waals surface area contributed by atoms with Crippen LogP contribution >= 0.6 is 0 Å². The SMILES string of the molecule is CC[C@]1(CO)CCCN(Cc2cc(OC)c3c(c2)OCO3)C1. The maximum absolute atomic E-state index is 9.75. The number of hydrogen-bond acceptors (Lipinski definition) is 5. The van der Waals surface area contributed by atoms with Gasteiger partial charge in [0.1, 0.15) is 0 Å². The summed E-state index contributed by atoms with van der Waals surface area (Å²) in [6, 6.07) is 4.06. The van der Waals surface area contributed by atoms with Gasteiger partial charge >= 0.3 is 0 Å². The quantitative estimate of drug-likeness (QED) is 0.905. The van der Waals surface area contributed by atoms with Gasteiger partial charge in [0.05, 0.1) is 7.11 Å². The van der Waals surface area contributed by atoms with Crippen LogP contribution < -0.4 is 14.2 Å². The molecule has 0 spiro atoms. The van der Waals surface area contributed by atoms with Gasteiger partial charge in [0.25, 0.3) is 0 Å². The molecule has 1 saturated heterocycles. The van der Waals surface area contributed by atoms with Crippen LogP contribution in [0.15, 0.2) is 12.1 Å². The zero-order valence-electron chi connectivity index (χ0n) is 13.4. The fourth-order valence-electron chi connectivity index (χ4n) is 3.51. The molecule has 122 valence electrons. The van der Waals surface area contributed by atoms with E-state index in [-0.39, 0.29) is 18.8 Å². The summed E-state index contributed by atoms with van der Waals surface area (Å²) >= 11 is 0. The number of benzene rings is 1. The van der Waals surface area contributed by atoms with Crippen molar-refractivity contribution in [3.8, 4) is 17.2 Å². The third-order valence-corrected chi connectivity index (χ3v) is 4.95. The van der Waals surface area contributed by atoms with Gasteiger partial charge in [-0.1, -0.05) is 6.92 Å². The highest BCUT2D eigenvalue weighted by Gasteiger charge is 2.33. The summed E-state index contributed by atoms with van der Waals surface area (Å²) in [6.07, 6.45) is 3.27. The van der Waals surface area contributed by atoms with Gasteiger partial charge in [0.2, 0.25) is 12.5 Å². The summed E-state index contributed by atoms with van der Waals surface area (Å²) in [5.41, 5.74) is 1.21. The van der Waals surface area contributed by atoms with E-state index in [1.54, 1.807) is 7.11 Å². The van der Waals surface area contributed by atoms with E-state index in [1.165, 1.54) is 0 Å². The molecule has 0 unspecified atom stereocenters. The predicted octanol–water partition coefficient (Wildman–Crippen LogP) is 2.41. The number of rotatable bonds is 5. The Kier molecular flexibility index (Phi) is 4.45. The van der Waals surface area contributed by atoms with Crippen LogP contribution in [0.3, 0.4) is 0 Å². The maximum Gasteiger partial charge on any atom is 0.231 e. The largest absolute Gasteiger partial charge is 0.493 e. The molecule has 0 aromatic heterocycles. The molecule has 1 fully saturated rings. The van der Waals surface area contributed by atoms with Crippen LogP contribution in [0.1, 0.15) is 31.7 Å². The molecule has 0 saturated carbocycles. The second-order valence-electron chi connectivity index (χ2n) is 6.36. The fraction of sp³-hybridized carbons (Fsp3) is 0.647. The first kappa shape index (κ1) is 15.4. The van der Waals surface area contributed by atoms with E-state index >= 15 is 0 Å². The van der Waals surface area contributed by atoms with Gasteiger partial charge < -0.3 is 19.3 Å². The lowest BCUT2D eigenvalue weighted by atomic mass is 9.78. The Balaban J connectivity index is 1.76. The fourth-order valence-corrected chi connectivity index (χ4v) is 3.51. The van der Waals surface area contributed by atoms with Crippen LogP contribution in [0, 0.1) is 5.41 Å². The summed E-state index contributed by atoms with van der Waals surface area (Å²) in [5.74, 6) is 2.18. The van der Waals surface area contributed by atoms with Crippen LogP contribution in [0.4, 0.5) is 0 Å². The summed E-state index contributed by atoms with van der Waals surface area (Å²) in [7, 11) is 1.65. The Labute approximate surface area is 131 Å². The van der Waals surface area contributed by atoms with Crippen LogP contribution in [0.2, 0.25) is 0 Å². The number of hydrogen-bond donors (Lipinski definition) is 1. The number of likely N-dealkylation sites (tertiary alicyclic amines) is 1. The van der Waals surface area contributed by atoms with E-state index in [4.69, 9.17) is 14.2 Å². The lowest BCUT2D eigenvalue weighted by Gasteiger charge is -2.41. The molecule has 1 aromatic carbocycles. The van der Waals surface area contributed by atoms with Gasteiger partial charge in [-0.3, -0.25) is 4.90 Å². The van der Waals surface area contributed by atoms with Crippen molar-refractivity contribution in [1.82, 2.24) is 4.90 Å². The highest BCUT2D eigenvalue weighted by atomic mass is 16.7. The van der Waals surface area contributed by atoms with Gasteiger partial charge in [0, 0.05) is 25.1 Å². The Hall–Kier alpha value is -1.46. The highest BCUT2D eigenvalue weighted by molar-refractivity contribution is 5.55. The molecule has 3 rings (SSSR count). The van der Waals surface area contributed by atoms with Gasteiger partial charge in [-0.05, 0) is 43.5 Å². The Morgan fingerprint density at radius 3 is 2.95 bits per heavy atom. The summed E-state index contributed by atoms with van der Waals surface area (Å²) in [6.45, 7) is 5.54. The van der Waals surface area contributed by atoms with Crippen molar-refractivity contribution in [3.05, 3.63) is 17.7 Å². The third-order valence-electron chi connectivity index (χ3n) is 4.95. The summed E-state index contributed by atoms with van der Waals surface area (Å²) in [4.78, 5) is 2.42. The normalized spacial score (nSPS) is 24.5. The van der Waals surface area contributed by atoms with Crippen molar-refractivity contribution in [2.24, 2.45) is 5.41 Å². The topological polar surface area (TPSA) is 51.2 Å². The third kappa shape index (κ3) is 2.88. The average molecular weight is 307 g/mol. The van der Waals surface area contributed by atoms with E-state index in [9.17, 15) is 5.11 Å². The Morgan fingerprint density at radius 2 is 2.23 bits per heavy atom. The molecule has 5 nitrogen and oxygen atoms in total. The number of ether oxygens (including phenoxy) is 3. The zero-order chi connectivity index (χ0) is 15.6. The molecule has 0 bridgehead atoms. The number of aliphatic hydroxyl groups is 1. The molecule has 1 atom stereocenters. The molecular weight excluding hydrogens is 282 g/mol. The molecule has 1 aromatic rings. The molecule has 2 heterocycles. The van der Waals surface area contributed by atoms with Crippen molar-refractivity contribution in [2.75, 3.05) is 33.6 Å². The smallest absolute Gasteiger partial charge is 0.231 e. The van der Waals surface area contributed by atoms with Crippen molar-refractivity contribution in [3.63, 3.8) is 0 Å². The lowest BCUT2D eigenvalue weighted by Crippen LogP contribution is -2.44. The van der Waals surface area contributed by atoms with Gasteiger partial charge in [-0.2, -0.15) is 0 Å². The number of fused-ring (bicyclic) bond motifs is 1. The van der Waals surface area contributed by atoms with Crippen molar-refractivity contribution >= 4 is 0 Å².